The van der Waals surface area contributed by atoms with Crippen LogP contribution in [0, 0.1) is 0 Å². The van der Waals surface area contributed by atoms with Crippen molar-refractivity contribution in [3.8, 4) is 45.0 Å². The molecule has 2 N–H and O–H groups in total. The zero-order valence-electron chi connectivity index (χ0n) is 16.8. The zero-order valence-corrected chi connectivity index (χ0v) is 16.8. The van der Waals surface area contributed by atoms with E-state index >= 15 is 0 Å². The van der Waals surface area contributed by atoms with Gasteiger partial charge >= 0.3 is 0 Å². The first-order valence-electron chi connectivity index (χ1n) is 10.1. The Bertz CT molecular complexity index is 1310. The predicted octanol–water partition coefficient (Wildman–Crippen LogP) is 6.12. The fraction of sp³-hybridized carbons (Fsp3) is 0. The van der Waals surface area contributed by atoms with Gasteiger partial charge in [-0.15, -0.1) is 0 Å². The van der Waals surface area contributed by atoms with Gasteiger partial charge in [0.2, 0.25) is 5.95 Å². The van der Waals surface area contributed by atoms with Crippen LogP contribution in [-0.2, 0) is 0 Å². The molecule has 0 saturated carbocycles. The molecular weight excluding hydrogens is 380 g/mol. The molecule has 0 bridgehead atoms. The molecule has 4 nitrogen and oxygen atoms in total. The van der Waals surface area contributed by atoms with E-state index in [-0.39, 0.29) is 5.95 Å². The van der Waals surface area contributed by atoms with E-state index in [1.54, 1.807) is 0 Å². The summed E-state index contributed by atoms with van der Waals surface area (Å²) >= 11 is 0. The number of anilines is 1. The van der Waals surface area contributed by atoms with Crippen molar-refractivity contribution in [3.63, 3.8) is 0 Å². The smallest absolute Gasteiger partial charge is 0.224 e. The van der Waals surface area contributed by atoms with Gasteiger partial charge in [0.1, 0.15) is 0 Å². The van der Waals surface area contributed by atoms with Gasteiger partial charge in [-0.05, 0) is 28.3 Å². The second kappa shape index (κ2) is 8.20. The summed E-state index contributed by atoms with van der Waals surface area (Å²) in [5, 5.41) is 0. The number of benzene rings is 4. The average molecular weight is 400 g/mol. The standard InChI is InChI=1S/C27H20N4/c28-27-30-25(21-10-5-2-6-11-21)29-26(31-27)22-16-14-20(15-17-22)24-13-7-12-23(18-24)19-8-3-1-4-9-19/h1-18H,(H2,28,29,30,31). The topological polar surface area (TPSA) is 64.7 Å². The van der Waals surface area contributed by atoms with Crippen LogP contribution in [0.3, 0.4) is 0 Å². The maximum absolute atomic E-state index is 5.96. The minimum Gasteiger partial charge on any atom is -0.368 e. The highest BCUT2D eigenvalue weighted by Gasteiger charge is 2.09. The Morgan fingerprint density at radius 2 is 0.806 bits per heavy atom. The summed E-state index contributed by atoms with van der Waals surface area (Å²) in [6.45, 7) is 0. The molecule has 31 heavy (non-hydrogen) atoms. The third-order valence-electron chi connectivity index (χ3n) is 5.13. The van der Waals surface area contributed by atoms with Crippen molar-refractivity contribution in [2.45, 2.75) is 0 Å². The number of rotatable bonds is 4. The summed E-state index contributed by atoms with van der Waals surface area (Å²) in [6.07, 6.45) is 0. The summed E-state index contributed by atoms with van der Waals surface area (Å²) in [4.78, 5) is 13.3. The lowest BCUT2D eigenvalue weighted by Gasteiger charge is -2.08. The Morgan fingerprint density at radius 3 is 1.39 bits per heavy atom. The molecule has 4 heteroatoms. The van der Waals surface area contributed by atoms with E-state index in [1.165, 1.54) is 11.1 Å². The molecular formula is C27H20N4. The first-order valence-corrected chi connectivity index (χ1v) is 10.1. The third kappa shape index (κ3) is 4.05. The molecule has 5 aromatic rings. The molecule has 1 aromatic heterocycles. The van der Waals surface area contributed by atoms with Gasteiger partial charge in [0.15, 0.2) is 11.6 Å². The Hall–Kier alpha value is -4.31. The molecule has 5 rings (SSSR count). The minimum atomic E-state index is 0.212. The van der Waals surface area contributed by atoms with Crippen molar-refractivity contribution in [1.29, 1.82) is 0 Å². The fourth-order valence-corrected chi connectivity index (χ4v) is 3.56. The van der Waals surface area contributed by atoms with Gasteiger partial charge in [-0.1, -0.05) is 103 Å². The summed E-state index contributed by atoms with van der Waals surface area (Å²) in [6, 6.07) is 36.9. The van der Waals surface area contributed by atoms with Gasteiger partial charge in [-0.3, -0.25) is 0 Å². The fourth-order valence-electron chi connectivity index (χ4n) is 3.56. The van der Waals surface area contributed by atoms with Gasteiger partial charge < -0.3 is 5.73 Å². The summed E-state index contributed by atoms with van der Waals surface area (Å²) in [7, 11) is 0. The molecule has 0 aliphatic carbocycles. The van der Waals surface area contributed by atoms with E-state index in [0.29, 0.717) is 11.6 Å². The Balaban J connectivity index is 1.47. The summed E-state index contributed by atoms with van der Waals surface area (Å²) in [5.74, 6) is 1.35. The van der Waals surface area contributed by atoms with E-state index in [9.17, 15) is 0 Å². The number of nitrogens with two attached hydrogens (primary N) is 1. The largest absolute Gasteiger partial charge is 0.368 e. The van der Waals surface area contributed by atoms with E-state index in [1.807, 2.05) is 48.5 Å². The average Bonchev–Trinajstić information content (AvgIpc) is 2.85. The van der Waals surface area contributed by atoms with E-state index < -0.39 is 0 Å². The first kappa shape index (κ1) is 18.7. The van der Waals surface area contributed by atoms with Crippen molar-refractivity contribution >= 4 is 5.95 Å². The molecule has 4 aromatic carbocycles. The zero-order chi connectivity index (χ0) is 21.0. The molecule has 0 saturated heterocycles. The molecule has 148 valence electrons. The number of hydrogen-bond acceptors (Lipinski definition) is 4. The number of hydrogen-bond donors (Lipinski definition) is 1. The molecule has 0 radical (unpaired) electrons. The van der Waals surface area contributed by atoms with Crippen LogP contribution in [0.25, 0.3) is 45.0 Å². The SMILES string of the molecule is Nc1nc(-c2ccccc2)nc(-c2ccc(-c3cccc(-c4ccccc4)c3)cc2)n1. The third-order valence-corrected chi connectivity index (χ3v) is 5.13. The molecule has 0 amide bonds. The van der Waals surface area contributed by atoms with Crippen LogP contribution in [0.15, 0.2) is 109 Å². The van der Waals surface area contributed by atoms with E-state index in [0.717, 1.165) is 22.3 Å². The molecule has 0 spiro atoms. The molecule has 0 unspecified atom stereocenters. The highest BCUT2D eigenvalue weighted by molar-refractivity contribution is 5.74. The van der Waals surface area contributed by atoms with Crippen molar-refractivity contribution in [3.05, 3.63) is 109 Å². The molecule has 1 heterocycles. The normalized spacial score (nSPS) is 10.7. The van der Waals surface area contributed by atoms with Crippen LogP contribution in [0.1, 0.15) is 0 Å². The first-order chi connectivity index (χ1) is 15.3. The van der Waals surface area contributed by atoms with Crippen molar-refractivity contribution in [1.82, 2.24) is 15.0 Å². The van der Waals surface area contributed by atoms with Gasteiger partial charge in [0.25, 0.3) is 0 Å². The highest BCUT2D eigenvalue weighted by Crippen LogP contribution is 2.28. The van der Waals surface area contributed by atoms with Gasteiger partial charge in [0, 0.05) is 11.1 Å². The minimum absolute atomic E-state index is 0.212. The lowest BCUT2D eigenvalue weighted by atomic mass is 9.98. The van der Waals surface area contributed by atoms with Crippen LogP contribution >= 0.6 is 0 Å². The molecule has 0 fully saturated rings. The van der Waals surface area contributed by atoms with Gasteiger partial charge in [-0.2, -0.15) is 9.97 Å². The number of aromatic nitrogens is 3. The second-order valence-electron chi connectivity index (χ2n) is 7.23. The predicted molar refractivity (Wildman–Crippen MR) is 126 cm³/mol. The van der Waals surface area contributed by atoms with E-state index in [2.05, 4.69) is 75.6 Å². The Labute approximate surface area is 181 Å². The van der Waals surface area contributed by atoms with Gasteiger partial charge in [-0.25, -0.2) is 4.98 Å². The second-order valence-corrected chi connectivity index (χ2v) is 7.23. The number of nitrogen functional groups attached to an aromatic ring is 1. The quantitative estimate of drug-likeness (QED) is 0.395. The van der Waals surface area contributed by atoms with Crippen molar-refractivity contribution in [2.75, 3.05) is 5.73 Å². The Kier molecular flexibility index (Phi) is 4.95. The van der Waals surface area contributed by atoms with Crippen molar-refractivity contribution in [2.24, 2.45) is 0 Å². The van der Waals surface area contributed by atoms with Crippen LogP contribution in [0.5, 0.6) is 0 Å². The molecule has 0 aliphatic rings. The monoisotopic (exact) mass is 400 g/mol. The van der Waals surface area contributed by atoms with Crippen LogP contribution in [0.4, 0.5) is 5.95 Å². The molecule has 0 atom stereocenters. The lowest BCUT2D eigenvalue weighted by Crippen LogP contribution is -2.02. The summed E-state index contributed by atoms with van der Waals surface area (Å²) in [5.41, 5.74) is 12.5. The van der Waals surface area contributed by atoms with E-state index in [4.69, 9.17) is 5.73 Å². The molecule has 0 aliphatic heterocycles. The number of nitrogens with zero attached hydrogens (tertiary/aromatic N) is 3. The highest BCUT2D eigenvalue weighted by atomic mass is 15.1. The van der Waals surface area contributed by atoms with Crippen LogP contribution in [-0.4, -0.2) is 15.0 Å². The summed E-state index contributed by atoms with van der Waals surface area (Å²) < 4.78 is 0. The maximum atomic E-state index is 5.96. The van der Waals surface area contributed by atoms with Crippen LogP contribution in [0.2, 0.25) is 0 Å². The van der Waals surface area contributed by atoms with Crippen molar-refractivity contribution < 1.29 is 0 Å². The Morgan fingerprint density at radius 1 is 0.387 bits per heavy atom. The maximum Gasteiger partial charge on any atom is 0.224 e. The van der Waals surface area contributed by atoms with Crippen LogP contribution < -0.4 is 5.73 Å². The lowest BCUT2D eigenvalue weighted by molar-refractivity contribution is 1.08. The van der Waals surface area contributed by atoms with Gasteiger partial charge in [0.05, 0.1) is 0 Å².